The number of thiophene rings is 1. The van der Waals surface area contributed by atoms with Crippen molar-refractivity contribution in [2.24, 2.45) is 11.7 Å². The second-order valence-electron chi connectivity index (χ2n) is 6.32. The summed E-state index contributed by atoms with van der Waals surface area (Å²) in [5.41, 5.74) is 15.4. The van der Waals surface area contributed by atoms with Crippen LogP contribution in [0.25, 0.3) is 10.2 Å². The van der Waals surface area contributed by atoms with E-state index < -0.39 is 0 Å². The lowest BCUT2D eigenvalue weighted by atomic mass is 9.86. The highest BCUT2D eigenvalue weighted by molar-refractivity contribution is 7.80. The van der Waals surface area contributed by atoms with Crippen molar-refractivity contribution in [3.63, 3.8) is 0 Å². The fourth-order valence-corrected chi connectivity index (χ4v) is 4.76. The second-order valence-corrected chi connectivity index (χ2v) is 7.88. The Labute approximate surface area is 155 Å². The summed E-state index contributed by atoms with van der Waals surface area (Å²) in [5, 5.41) is 4.51. The zero-order valence-electron chi connectivity index (χ0n) is 13.6. The molecule has 0 radical (unpaired) electrons. The summed E-state index contributed by atoms with van der Waals surface area (Å²) in [5.74, 6) is 1.18. The third-order valence-corrected chi connectivity index (χ3v) is 6.21. The Morgan fingerprint density at radius 3 is 2.96 bits per heavy atom. The molecule has 1 aliphatic rings. The van der Waals surface area contributed by atoms with Crippen LogP contribution in [0, 0.1) is 5.92 Å². The summed E-state index contributed by atoms with van der Waals surface area (Å²) >= 11 is 6.12. The molecule has 1 aromatic carbocycles. The molecular weight excluding hydrogens is 350 g/mol. The molecule has 5 nitrogen and oxygen atoms in total. The van der Waals surface area contributed by atoms with Gasteiger partial charge in [0, 0.05) is 32.8 Å². The molecule has 0 aliphatic heterocycles. The Morgan fingerprint density at radius 1 is 1.36 bits per heavy atom. The van der Waals surface area contributed by atoms with E-state index in [2.05, 4.69) is 34.5 Å². The number of nitrogens with one attached hydrogen (secondary N) is 1. The average Bonchev–Trinajstić information content (AvgIpc) is 2.96. The first-order valence-electron chi connectivity index (χ1n) is 8.08. The van der Waals surface area contributed by atoms with Gasteiger partial charge >= 0.3 is 0 Å². The maximum absolute atomic E-state index is 5.93. The molecule has 2 heterocycles. The molecule has 0 amide bonds. The molecule has 0 saturated carbocycles. The fourth-order valence-electron chi connectivity index (χ4n) is 3.28. The monoisotopic (exact) mass is 369 g/mol. The van der Waals surface area contributed by atoms with Crippen LogP contribution < -0.4 is 16.8 Å². The lowest BCUT2D eigenvalue weighted by Gasteiger charge is -2.22. The predicted molar refractivity (Wildman–Crippen MR) is 108 cm³/mol. The van der Waals surface area contributed by atoms with Crippen molar-refractivity contribution < 1.29 is 0 Å². The van der Waals surface area contributed by atoms with Crippen molar-refractivity contribution in [3.8, 4) is 0 Å². The number of fused-ring (bicyclic) bond motifs is 3. The Hall–Kier alpha value is -2.25. The number of aromatic nitrogens is 2. The van der Waals surface area contributed by atoms with Crippen molar-refractivity contribution >= 4 is 51.4 Å². The van der Waals surface area contributed by atoms with Gasteiger partial charge in [-0.05, 0) is 43.0 Å². The molecule has 4 rings (SSSR count). The first-order valence-corrected chi connectivity index (χ1v) is 9.34. The summed E-state index contributed by atoms with van der Waals surface area (Å²) in [6, 6.07) is 5.67. The van der Waals surface area contributed by atoms with Crippen LogP contribution in [-0.2, 0) is 12.8 Å². The van der Waals surface area contributed by atoms with E-state index in [9.17, 15) is 0 Å². The molecule has 25 heavy (non-hydrogen) atoms. The first-order chi connectivity index (χ1) is 12.0. The number of aryl methyl sites for hydroxylation is 1. The molecule has 128 valence electrons. The number of benzene rings is 1. The number of allylic oxidation sites excluding steroid dienone is 1. The minimum atomic E-state index is 0.355. The van der Waals surface area contributed by atoms with Crippen LogP contribution in [-0.4, -0.2) is 9.97 Å². The molecule has 0 spiro atoms. The molecule has 0 bridgehead atoms. The van der Waals surface area contributed by atoms with E-state index in [0.717, 1.165) is 51.6 Å². The van der Waals surface area contributed by atoms with Gasteiger partial charge in [0.25, 0.3) is 0 Å². The first kappa shape index (κ1) is 16.2. The molecule has 1 aliphatic carbocycles. The van der Waals surface area contributed by atoms with E-state index in [1.54, 1.807) is 17.7 Å². The standard InChI is InChI=1S/C18H19N5S2/c1-9(19)10-2-4-12-15(6-10)25-18-16(12)17(21-8-22-18)23-11-3-5-13(20)14(24)7-11/h3,5,7-8,10,24H,1-2,4,6,19-20H2,(H,21,22,23)/t10-/m0/s1. The minimum Gasteiger partial charge on any atom is -0.402 e. The number of nitrogens with two attached hydrogens (primary N) is 2. The minimum absolute atomic E-state index is 0.355. The van der Waals surface area contributed by atoms with Gasteiger partial charge in [-0.3, -0.25) is 0 Å². The summed E-state index contributed by atoms with van der Waals surface area (Å²) in [7, 11) is 0. The maximum Gasteiger partial charge on any atom is 0.142 e. The number of hydrogen-bond acceptors (Lipinski definition) is 7. The lowest BCUT2D eigenvalue weighted by molar-refractivity contribution is 0.531. The topological polar surface area (TPSA) is 89.8 Å². The molecule has 7 heteroatoms. The molecule has 2 aromatic heterocycles. The van der Waals surface area contributed by atoms with Crippen LogP contribution >= 0.6 is 24.0 Å². The molecule has 0 unspecified atom stereocenters. The molecule has 3 aromatic rings. The molecular formula is C18H19N5S2. The third kappa shape index (κ3) is 2.94. The smallest absolute Gasteiger partial charge is 0.142 e. The van der Waals surface area contributed by atoms with Gasteiger partial charge in [-0.2, -0.15) is 0 Å². The zero-order valence-corrected chi connectivity index (χ0v) is 15.3. The van der Waals surface area contributed by atoms with Gasteiger partial charge in [0.1, 0.15) is 17.0 Å². The number of nitrogen functional groups attached to an aromatic ring is 1. The van der Waals surface area contributed by atoms with E-state index in [0.29, 0.717) is 11.6 Å². The number of thiol groups is 1. The number of rotatable bonds is 3. The van der Waals surface area contributed by atoms with Gasteiger partial charge in [-0.15, -0.1) is 24.0 Å². The quantitative estimate of drug-likeness (QED) is 0.415. The van der Waals surface area contributed by atoms with Gasteiger partial charge in [0.15, 0.2) is 0 Å². The van der Waals surface area contributed by atoms with E-state index in [1.807, 2.05) is 18.2 Å². The van der Waals surface area contributed by atoms with Crippen molar-refractivity contribution in [1.82, 2.24) is 9.97 Å². The van der Waals surface area contributed by atoms with E-state index >= 15 is 0 Å². The van der Waals surface area contributed by atoms with Crippen LogP contribution in [0.1, 0.15) is 16.9 Å². The largest absolute Gasteiger partial charge is 0.402 e. The highest BCUT2D eigenvalue weighted by atomic mass is 32.1. The van der Waals surface area contributed by atoms with Crippen molar-refractivity contribution in [1.29, 1.82) is 0 Å². The molecule has 1 atom stereocenters. The third-order valence-electron chi connectivity index (χ3n) is 4.66. The van der Waals surface area contributed by atoms with Crippen LogP contribution in [0.4, 0.5) is 17.2 Å². The van der Waals surface area contributed by atoms with Crippen molar-refractivity contribution in [2.45, 2.75) is 24.2 Å². The Bertz CT molecular complexity index is 979. The summed E-state index contributed by atoms with van der Waals surface area (Å²) in [6.07, 6.45) is 4.53. The Morgan fingerprint density at radius 2 is 2.20 bits per heavy atom. The molecule has 5 N–H and O–H groups in total. The van der Waals surface area contributed by atoms with Crippen molar-refractivity contribution in [2.75, 3.05) is 11.1 Å². The summed E-state index contributed by atoms with van der Waals surface area (Å²) < 4.78 is 0. The van der Waals surface area contributed by atoms with Crippen molar-refractivity contribution in [3.05, 3.63) is 47.2 Å². The summed E-state index contributed by atoms with van der Waals surface area (Å²) in [6.45, 7) is 3.92. The van der Waals surface area contributed by atoms with Gasteiger partial charge in [-0.1, -0.05) is 6.58 Å². The van der Waals surface area contributed by atoms with Gasteiger partial charge in [-0.25, -0.2) is 9.97 Å². The highest BCUT2D eigenvalue weighted by Gasteiger charge is 2.25. The van der Waals surface area contributed by atoms with Gasteiger partial charge in [0.2, 0.25) is 0 Å². The van der Waals surface area contributed by atoms with E-state index in [1.165, 1.54) is 10.4 Å². The van der Waals surface area contributed by atoms with E-state index in [4.69, 9.17) is 11.5 Å². The lowest BCUT2D eigenvalue weighted by Crippen LogP contribution is -2.18. The van der Waals surface area contributed by atoms with Crippen LogP contribution in [0.2, 0.25) is 0 Å². The van der Waals surface area contributed by atoms with Crippen LogP contribution in [0.3, 0.4) is 0 Å². The normalized spacial score (nSPS) is 16.6. The number of hydrogen-bond donors (Lipinski definition) is 4. The fraction of sp³-hybridized carbons (Fsp3) is 0.222. The predicted octanol–water partition coefficient (Wildman–Crippen LogP) is 3.88. The SMILES string of the molecule is C=C(N)[C@H]1CCc2c(sc3ncnc(Nc4ccc(N)c(S)c4)c23)C1. The van der Waals surface area contributed by atoms with E-state index in [-0.39, 0.29) is 0 Å². The highest BCUT2D eigenvalue weighted by Crippen LogP contribution is 2.41. The van der Waals surface area contributed by atoms with Gasteiger partial charge < -0.3 is 16.8 Å². The zero-order chi connectivity index (χ0) is 17.6. The molecule has 0 fully saturated rings. The summed E-state index contributed by atoms with van der Waals surface area (Å²) in [4.78, 5) is 12.0. The van der Waals surface area contributed by atoms with Crippen LogP contribution in [0.5, 0.6) is 0 Å². The number of nitrogens with zero attached hydrogens (tertiary/aromatic N) is 2. The maximum atomic E-state index is 5.93. The molecule has 0 saturated heterocycles. The number of anilines is 3. The van der Waals surface area contributed by atoms with Crippen LogP contribution in [0.15, 0.2) is 41.7 Å². The van der Waals surface area contributed by atoms with Gasteiger partial charge in [0.05, 0.1) is 5.39 Å². The second kappa shape index (κ2) is 6.24. The Balaban J connectivity index is 1.75. The Kier molecular flexibility index (Phi) is 4.05. The average molecular weight is 370 g/mol.